The van der Waals surface area contributed by atoms with E-state index in [-0.39, 0.29) is 35.4 Å². The summed E-state index contributed by atoms with van der Waals surface area (Å²) in [5, 5.41) is 0. The molecular formula is C21H30N2O5S. The fourth-order valence-corrected chi connectivity index (χ4v) is 6.14. The van der Waals surface area contributed by atoms with Gasteiger partial charge < -0.3 is 9.64 Å². The van der Waals surface area contributed by atoms with E-state index in [9.17, 15) is 18.0 Å². The topological polar surface area (TPSA) is 84.0 Å². The molecule has 2 aliphatic rings. The third-order valence-corrected chi connectivity index (χ3v) is 8.05. The molecule has 0 saturated carbocycles. The molecule has 29 heavy (non-hydrogen) atoms. The van der Waals surface area contributed by atoms with E-state index in [1.54, 1.807) is 12.1 Å². The number of amides is 1. The van der Waals surface area contributed by atoms with Crippen LogP contribution in [-0.2, 0) is 19.6 Å². The molecule has 160 valence electrons. The van der Waals surface area contributed by atoms with Gasteiger partial charge in [-0.2, -0.15) is 4.31 Å². The number of nitrogens with zero attached hydrogens (tertiary/aromatic N) is 2. The normalized spacial score (nSPS) is 23.9. The highest BCUT2D eigenvalue weighted by atomic mass is 32.2. The number of likely N-dealkylation sites (tertiary alicyclic amines) is 1. The Labute approximate surface area is 173 Å². The molecule has 0 N–H and O–H groups in total. The molecule has 0 spiro atoms. The SMILES string of the molecule is CC[C@H]1C[C@H](C)CN1C(=O)C1CCN(S(=O)(=O)c2ccccc2C(=O)OC)CC1. The summed E-state index contributed by atoms with van der Waals surface area (Å²) < 4.78 is 32.4. The van der Waals surface area contributed by atoms with Gasteiger partial charge in [0.15, 0.2) is 0 Å². The molecule has 0 bridgehead atoms. The molecule has 7 nitrogen and oxygen atoms in total. The Morgan fingerprint density at radius 2 is 1.83 bits per heavy atom. The van der Waals surface area contributed by atoms with Crippen molar-refractivity contribution in [2.45, 2.75) is 50.5 Å². The summed E-state index contributed by atoms with van der Waals surface area (Å²) in [6, 6.07) is 6.38. The van der Waals surface area contributed by atoms with Gasteiger partial charge in [0.05, 0.1) is 17.6 Å². The molecule has 0 aliphatic carbocycles. The second-order valence-corrected chi connectivity index (χ2v) is 9.97. The number of hydrogen-bond donors (Lipinski definition) is 0. The largest absolute Gasteiger partial charge is 0.465 e. The van der Waals surface area contributed by atoms with Crippen molar-refractivity contribution in [3.8, 4) is 0 Å². The number of hydrogen-bond acceptors (Lipinski definition) is 5. The lowest BCUT2D eigenvalue weighted by Gasteiger charge is -2.34. The third-order valence-electron chi connectivity index (χ3n) is 6.09. The van der Waals surface area contributed by atoms with Crippen LogP contribution in [0.4, 0.5) is 0 Å². The Morgan fingerprint density at radius 1 is 1.17 bits per heavy atom. The standard InChI is InChI=1S/C21H30N2O5S/c1-4-17-13-15(2)14-23(17)20(24)16-9-11-22(12-10-16)29(26,27)19-8-6-5-7-18(19)21(25)28-3/h5-8,15-17H,4,9-14H2,1-3H3/t15-,17-/m0/s1. The van der Waals surface area contributed by atoms with Crippen LogP contribution in [0.1, 0.15) is 49.9 Å². The molecule has 1 aromatic rings. The summed E-state index contributed by atoms with van der Waals surface area (Å²) in [7, 11) is -2.60. The molecule has 1 amide bonds. The number of carbonyl (C=O) groups is 2. The van der Waals surface area contributed by atoms with Crippen molar-refractivity contribution in [2.75, 3.05) is 26.7 Å². The Bertz CT molecular complexity index is 862. The van der Waals surface area contributed by atoms with Crippen molar-refractivity contribution in [3.63, 3.8) is 0 Å². The van der Waals surface area contributed by atoms with Gasteiger partial charge in [-0.15, -0.1) is 0 Å². The van der Waals surface area contributed by atoms with Gasteiger partial charge in [-0.3, -0.25) is 4.79 Å². The van der Waals surface area contributed by atoms with Crippen LogP contribution in [0, 0.1) is 11.8 Å². The number of ether oxygens (including phenoxy) is 1. The molecule has 0 aromatic heterocycles. The van der Waals surface area contributed by atoms with Crippen molar-refractivity contribution < 1.29 is 22.7 Å². The van der Waals surface area contributed by atoms with Gasteiger partial charge >= 0.3 is 5.97 Å². The van der Waals surface area contributed by atoms with Gasteiger partial charge in [0.2, 0.25) is 15.9 Å². The first-order chi connectivity index (χ1) is 13.8. The molecule has 3 rings (SSSR count). The van der Waals surface area contributed by atoms with E-state index in [0.29, 0.717) is 24.8 Å². The van der Waals surface area contributed by atoms with Crippen LogP contribution in [0.15, 0.2) is 29.2 Å². The second-order valence-electron chi connectivity index (χ2n) is 8.06. The van der Waals surface area contributed by atoms with Crippen molar-refractivity contribution in [3.05, 3.63) is 29.8 Å². The van der Waals surface area contributed by atoms with Crippen LogP contribution in [-0.4, -0.2) is 62.3 Å². The van der Waals surface area contributed by atoms with Gasteiger partial charge in [0.25, 0.3) is 0 Å². The Hall–Kier alpha value is -1.93. The number of piperidine rings is 1. The predicted octanol–water partition coefficient (Wildman–Crippen LogP) is 2.52. The Morgan fingerprint density at radius 3 is 2.45 bits per heavy atom. The molecule has 2 fully saturated rings. The average Bonchev–Trinajstić information content (AvgIpc) is 3.13. The monoisotopic (exact) mass is 422 g/mol. The number of methoxy groups -OCH3 is 1. The van der Waals surface area contributed by atoms with Crippen LogP contribution in [0.25, 0.3) is 0 Å². The first-order valence-electron chi connectivity index (χ1n) is 10.3. The van der Waals surface area contributed by atoms with Crippen molar-refractivity contribution in [1.29, 1.82) is 0 Å². The highest BCUT2D eigenvalue weighted by Gasteiger charge is 2.39. The van der Waals surface area contributed by atoms with Gasteiger partial charge in [-0.1, -0.05) is 26.0 Å². The van der Waals surface area contributed by atoms with Crippen molar-refractivity contribution in [2.24, 2.45) is 11.8 Å². The lowest BCUT2D eigenvalue weighted by Crippen LogP contribution is -2.45. The number of carbonyl (C=O) groups excluding carboxylic acids is 2. The summed E-state index contributed by atoms with van der Waals surface area (Å²) in [4.78, 5) is 27.0. The maximum Gasteiger partial charge on any atom is 0.339 e. The summed E-state index contributed by atoms with van der Waals surface area (Å²) >= 11 is 0. The maximum atomic E-state index is 13.1. The van der Waals surface area contributed by atoms with E-state index in [2.05, 4.69) is 13.8 Å². The van der Waals surface area contributed by atoms with Crippen molar-refractivity contribution in [1.82, 2.24) is 9.21 Å². The molecule has 1 aromatic carbocycles. The van der Waals surface area contributed by atoms with Gasteiger partial charge in [-0.25, -0.2) is 13.2 Å². The zero-order chi connectivity index (χ0) is 21.2. The summed E-state index contributed by atoms with van der Waals surface area (Å²) in [6.07, 6.45) is 2.99. The molecular weight excluding hydrogens is 392 g/mol. The van der Waals surface area contributed by atoms with Gasteiger partial charge in [0, 0.05) is 31.6 Å². The molecule has 0 unspecified atom stereocenters. The van der Waals surface area contributed by atoms with E-state index in [0.717, 1.165) is 19.4 Å². The minimum atomic E-state index is -3.83. The summed E-state index contributed by atoms with van der Waals surface area (Å²) in [6.45, 7) is 5.62. The first kappa shape index (κ1) is 21.8. The Balaban J connectivity index is 1.71. The second kappa shape index (κ2) is 8.83. The number of benzene rings is 1. The zero-order valence-electron chi connectivity index (χ0n) is 17.3. The first-order valence-corrected chi connectivity index (χ1v) is 11.7. The van der Waals surface area contributed by atoms with Crippen LogP contribution >= 0.6 is 0 Å². The highest BCUT2D eigenvalue weighted by molar-refractivity contribution is 7.89. The molecule has 2 atom stereocenters. The van der Waals surface area contributed by atoms with Crippen LogP contribution in [0.2, 0.25) is 0 Å². The zero-order valence-corrected chi connectivity index (χ0v) is 18.2. The molecule has 0 radical (unpaired) electrons. The minimum absolute atomic E-state index is 0.0324. The average molecular weight is 423 g/mol. The van der Waals surface area contributed by atoms with Crippen LogP contribution in [0.5, 0.6) is 0 Å². The van der Waals surface area contributed by atoms with E-state index in [1.165, 1.54) is 23.5 Å². The molecule has 2 aliphatic heterocycles. The number of rotatable bonds is 5. The molecule has 8 heteroatoms. The van der Waals surface area contributed by atoms with Crippen molar-refractivity contribution >= 4 is 21.9 Å². The summed E-state index contributed by atoms with van der Waals surface area (Å²) in [5.74, 6) is -0.146. The molecule has 2 saturated heterocycles. The number of esters is 1. The lowest BCUT2D eigenvalue weighted by atomic mass is 9.96. The van der Waals surface area contributed by atoms with E-state index in [4.69, 9.17) is 4.74 Å². The smallest absolute Gasteiger partial charge is 0.339 e. The maximum absolute atomic E-state index is 13.1. The fraction of sp³-hybridized carbons (Fsp3) is 0.619. The fourth-order valence-electron chi connectivity index (χ4n) is 4.49. The number of sulfonamides is 1. The minimum Gasteiger partial charge on any atom is -0.465 e. The third kappa shape index (κ3) is 4.33. The van der Waals surface area contributed by atoms with E-state index >= 15 is 0 Å². The quantitative estimate of drug-likeness (QED) is 0.681. The van der Waals surface area contributed by atoms with Crippen LogP contribution < -0.4 is 0 Å². The summed E-state index contributed by atoms with van der Waals surface area (Å²) in [5.41, 5.74) is 0.0324. The molecule has 2 heterocycles. The van der Waals surface area contributed by atoms with Gasteiger partial charge in [-0.05, 0) is 43.7 Å². The van der Waals surface area contributed by atoms with Gasteiger partial charge in [0.1, 0.15) is 0 Å². The van der Waals surface area contributed by atoms with Crippen LogP contribution in [0.3, 0.4) is 0 Å². The van der Waals surface area contributed by atoms with E-state index < -0.39 is 16.0 Å². The lowest BCUT2D eigenvalue weighted by molar-refractivity contribution is -0.137. The highest BCUT2D eigenvalue weighted by Crippen LogP contribution is 2.31. The predicted molar refractivity (Wildman–Crippen MR) is 109 cm³/mol. The van der Waals surface area contributed by atoms with E-state index in [1.807, 2.05) is 4.90 Å². The Kier molecular flexibility index (Phi) is 6.63.